The Bertz CT molecular complexity index is 961. The molecule has 0 saturated carbocycles. The number of benzene rings is 2. The molecule has 3 rings (SSSR count). The summed E-state index contributed by atoms with van der Waals surface area (Å²) in [6, 6.07) is 12.7. The summed E-state index contributed by atoms with van der Waals surface area (Å²) in [5, 5.41) is 19.5. The first-order chi connectivity index (χ1) is 12.3. The van der Waals surface area contributed by atoms with Gasteiger partial charge in [0.15, 0.2) is 5.69 Å². The standard InChI is InChI=1S/C17H10ClF3N4O/c18-13-7-11(6-12(8-13)16-15(9-22)23-25-24-16)5-10-1-3-14(4-2-10)26-17(19,20)21/h1-4,6-8H,5H2,(H,23,24,25). The summed E-state index contributed by atoms with van der Waals surface area (Å²) in [6.07, 6.45) is -4.29. The van der Waals surface area contributed by atoms with Crippen molar-refractivity contribution in [1.29, 1.82) is 5.26 Å². The van der Waals surface area contributed by atoms with Crippen LogP contribution in [0.15, 0.2) is 42.5 Å². The molecular formula is C17H10ClF3N4O. The van der Waals surface area contributed by atoms with Crippen LogP contribution in [0.2, 0.25) is 5.02 Å². The summed E-state index contributed by atoms with van der Waals surface area (Å²) < 4.78 is 40.5. The Morgan fingerprint density at radius 2 is 1.85 bits per heavy atom. The van der Waals surface area contributed by atoms with E-state index >= 15 is 0 Å². The molecule has 1 heterocycles. The molecule has 0 radical (unpaired) electrons. The number of H-pyrrole nitrogens is 1. The molecule has 132 valence electrons. The Morgan fingerprint density at radius 1 is 1.12 bits per heavy atom. The van der Waals surface area contributed by atoms with E-state index in [0.29, 0.717) is 22.7 Å². The Kier molecular flexibility index (Phi) is 4.82. The van der Waals surface area contributed by atoms with Crippen LogP contribution in [0.3, 0.4) is 0 Å². The van der Waals surface area contributed by atoms with Gasteiger partial charge in [-0.05, 0) is 47.9 Å². The molecule has 5 nitrogen and oxygen atoms in total. The van der Waals surface area contributed by atoms with Crippen LogP contribution in [0, 0.1) is 11.3 Å². The maximum absolute atomic E-state index is 12.2. The quantitative estimate of drug-likeness (QED) is 0.726. The third kappa shape index (κ3) is 4.32. The van der Waals surface area contributed by atoms with E-state index in [1.165, 1.54) is 12.1 Å². The molecule has 0 aliphatic carbocycles. The molecular weight excluding hydrogens is 369 g/mol. The van der Waals surface area contributed by atoms with Crippen molar-refractivity contribution in [3.63, 3.8) is 0 Å². The van der Waals surface area contributed by atoms with E-state index in [-0.39, 0.29) is 11.4 Å². The van der Waals surface area contributed by atoms with Gasteiger partial charge >= 0.3 is 6.36 Å². The van der Waals surface area contributed by atoms with Crippen molar-refractivity contribution in [1.82, 2.24) is 15.4 Å². The summed E-state index contributed by atoms with van der Waals surface area (Å²) >= 11 is 6.14. The Morgan fingerprint density at radius 3 is 2.50 bits per heavy atom. The number of hydrogen-bond acceptors (Lipinski definition) is 4. The molecule has 0 aliphatic heterocycles. The second-order valence-electron chi connectivity index (χ2n) is 5.36. The predicted octanol–water partition coefficient (Wildman–Crippen LogP) is 4.49. The zero-order chi connectivity index (χ0) is 18.7. The monoisotopic (exact) mass is 378 g/mol. The molecule has 1 aromatic heterocycles. The van der Waals surface area contributed by atoms with Crippen molar-refractivity contribution in [2.45, 2.75) is 12.8 Å². The predicted molar refractivity (Wildman–Crippen MR) is 87.5 cm³/mol. The van der Waals surface area contributed by atoms with E-state index in [9.17, 15) is 13.2 Å². The number of hydrogen-bond donors (Lipinski definition) is 1. The van der Waals surface area contributed by atoms with Crippen molar-refractivity contribution >= 4 is 11.6 Å². The van der Waals surface area contributed by atoms with Gasteiger partial charge in [0.2, 0.25) is 0 Å². The summed E-state index contributed by atoms with van der Waals surface area (Å²) in [4.78, 5) is 0. The van der Waals surface area contributed by atoms with Gasteiger partial charge in [-0.15, -0.1) is 18.3 Å². The topological polar surface area (TPSA) is 74.6 Å². The fraction of sp³-hybridized carbons (Fsp3) is 0.118. The number of ether oxygens (including phenoxy) is 1. The average molecular weight is 379 g/mol. The van der Waals surface area contributed by atoms with Crippen molar-refractivity contribution in [2.75, 3.05) is 0 Å². The normalized spacial score (nSPS) is 11.2. The SMILES string of the molecule is N#Cc1[nH]nnc1-c1cc(Cl)cc(Cc2ccc(OC(F)(F)F)cc2)c1. The maximum Gasteiger partial charge on any atom is 0.573 e. The number of halogens is 4. The van der Waals surface area contributed by atoms with Crippen LogP contribution < -0.4 is 4.74 Å². The number of nitrogens with one attached hydrogen (secondary N) is 1. The van der Waals surface area contributed by atoms with Crippen molar-refractivity contribution < 1.29 is 17.9 Å². The summed E-state index contributed by atoms with van der Waals surface area (Å²) in [6.45, 7) is 0. The first kappa shape index (κ1) is 17.8. The first-order valence-electron chi connectivity index (χ1n) is 7.30. The van der Waals surface area contributed by atoms with Gasteiger partial charge in [0.25, 0.3) is 0 Å². The number of nitriles is 1. The van der Waals surface area contributed by atoms with Crippen LogP contribution >= 0.6 is 11.6 Å². The van der Waals surface area contributed by atoms with Gasteiger partial charge in [-0.25, -0.2) is 5.10 Å². The molecule has 0 aliphatic rings. The number of aromatic nitrogens is 3. The van der Waals surface area contributed by atoms with E-state index in [4.69, 9.17) is 16.9 Å². The smallest absolute Gasteiger partial charge is 0.406 e. The van der Waals surface area contributed by atoms with Gasteiger partial charge < -0.3 is 4.74 Å². The highest BCUT2D eigenvalue weighted by Gasteiger charge is 2.30. The number of nitrogens with zero attached hydrogens (tertiary/aromatic N) is 3. The van der Waals surface area contributed by atoms with Crippen LogP contribution in [0.25, 0.3) is 11.3 Å². The average Bonchev–Trinajstić information content (AvgIpc) is 3.03. The van der Waals surface area contributed by atoms with Gasteiger partial charge in [0.05, 0.1) is 0 Å². The minimum Gasteiger partial charge on any atom is -0.406 e. The first-order valence-corrected chi connectivity index (χ1v) is 7.67. The van der Waals surface area contributed by atoms with Gasteiger partial charge in [-0.2, -0.15) is 5.26 Å². The van der Waals surface area contributed by atoms with Crippen molar-refractivity contribution in [3.05, 3.63) is 64.3 Å². The van der Waals surface area contributed by atoms with Crippen LogP contribution in [-0.2, 0) is 6.42 Å². The summed E-state index contributed by atoms with van der Waals surface area (Å²) in [7, 11) is 0. The summed E-state index contributed by atoms with van der Waals surface area (Å²) in [5.41, 5.74) is 2.80. The van der Waals surface area contributed by atoms with Gasteiger partial charge in [-0.3, -0.25) is 0 Å². The Labute approximate surface area is 151 Å². The number of rotatable bonds is 4. The highest BCUT2D eigenvalue weighted by atomic mass is 35.5. The molecule has 0 spiro atoms. The largest absolute Gasteiger partial charge is 0.573 e. The second kappa shape index (κ2) is 7.06. The molecule has 26 heavy (non-hydrogen) atoms. The highest BCUT2D eigenvalue weighted by molar-refractivity contribution is 6.31. The molecule has 1 N–H and O–H groups in total. The van der Waals surface area contributed by atoms with E-state index in [2.05, 4.69) is 20.1 Å². The van der Waals surface area contributed by atoms with Crippen LogP contribution in [0.4, 0.5) is 13.2 Å². The van der Waals surface area contributed by atoms with Gasteiger partial charge in [0.1, 0.15) is 17.5 Å². The Balaban J connectivity index is 1.83. The van der Waals surface area contributed by atoms with Crippen LogP contribution in [-0.4, -0.2) is 21.8 Å². The lowest BCUT2D eigenvalue weighted by Crippen LogP contribution is -2.17. The van der Waals surface area contributed by atoms with Crippen molar-refractivity contribution in [3.8, 4) is 23.1 Å². The lowest BCUT2D eigenvalue weighted by molar-refractivity contribution is -0.274. The molecule has 2 aromatic carbocycles. The molecule has 0 atom stereocenters. The van der Waals surface area contributed by atoms with Gasteiger partial charge in [0, 0.05) is 10.6 Å². The zero-order valence-corrected chi connectivity index (χ0v) is 13.8. The third-order valence-electron chi connectivity index (χ3n) is 3.46. The summed E-state index contributed by atoms with van der Waals surface area (Å²) in [5.74, 6) is -0.283. The van der Waals surface area contributed by atoms with E-state index in [1.807, 2.05) is 6.07 Å². The number of alkyl halides is 3. The van der Waals surface area contributed by atoms with Crippen molar-refractivity contribution in [2.24, 2.45) is 0 Å². The molecule has 0 amide bonds. The van der Waals surface area contributed by atoms with E-state index in [0.717, 1.165) is 11.1 Å². The molecule has 0 saturated heterocycles. The van der Waals surface area contributed by atoms with Gasteiger partial charge in [-0.1, -0.05) is 28.9 Å². The van der Waals surface area contributed by atoms with Crippen LogP contribution in [0.1, 0.15) is 16.8 Å². The fourth-order valence-electron chi connectivity index (χ4n) is 2.44. The molecule has 0 bridgehead atoms. The Hall–Kier alpha value is -3.05. The van der Waals surface area contributed by atoms with E-state index < -0.39 is 6.36 Å². The molecule has 0 unspecified atom stereocenters. The minimum absolute atomic E-state index is 0.215. The molecule has 3 aromatic rings. The third-order valence-corrected chi connectivity index (χ3v) is 3.67. The lowest BCUT2D eigenvalue weighted by Gasteiger charge is -2.10. The maximum atomic E-state index is 12.2. The van der Waals surface area contributed by atoms with Crippen LogP contribution in [0.5, 0.6) is 5.75 Å². The fourth-order valence-corrected chi connectivity index (χ4v) is 2.70. The minimum atomic E-state index is -4.72. The highest BCUT2D eigenvalue weighted by Crippen LogP contribution is 2.27. The zero-order valence-electron chi connectivity index (χ0n) is 13.0. The lowest BCUT2D eigenvalue weighted by atomic mass is 10.0. The molecule has 9 heteroatoms. The number of aromatic amines is 1. The molecule has 0 fully saturated rings. The second-order valence-corrected chi connectivity index (χ2v) is 5.80. The van der Waals surface area contributed by atoms with E-state index in [1.54, 1.807) is 30.3 Å².